The van der Waals surface area contributed by atoms with Crippen LogP contribution in [-0.4, -0.2) is 42.9 Å². The lowest BCUT2D eigenvalue weighted by Crippen LogP contribution is -2.50. The molecule has 1 saturated heterocycles. The number of hydrogen-bond acceptors (Lipinski definition) is 4. The fourth-order valence-corrected chi connectivity index (χ4v) is 4.94. The molecule has 0 spiro atoms. The number of benzene rings is 1. The fourth-order valence-electron chi connectivity index (χ4n) is 4.02. The van der Waals surface area contributed by atoms with E-state index in [0.717, 1.165) is 12.8 Å². The SMILES string of the molecule is CC(C)Cn1c(S[C@H](C)C(=O)N2[C@@H](C)CCC[C@@H]2C)nnc1-c1ccccc1F. The third-order valence-electron chi connectivity index (χ3n) is 5.46. The van der Waals surface area contributed by atoms with Crippen molar-refractivity contribution in [2.45, 2.75) is 82.9 Å². The molecular weight excluding hydrogens is 387 g/mol. The van der Waals surface area contributed by atoms with Gasteiger partial charge in [-0.1, -0.05) is 37.7 Å². The molecule has 3 atom stereocenters. The van der Waals surface area contributed by atoms with Crippen LogP contribution < -0.4 is 0 Å². The zero-order valence-electron chi connectivity index (χ0n) is 17.9. The number of halogens is 1. The number of rotatable bonds is 6. The van der Waals surface area contributed by atoms with E-state index in [4.69, 9.17) is 0 Å². The average Bonchev–Trinajstić information content (AvgIpc) is 3.03. The summed E-state index contributed by atoms with van der Waals surface area (Å²) in [5.74, 6) is 0.672. The second kappa shape index (κ2) is 9.28. The Hall–Kier alpha value is -1.89. The van der Waals surface area contributed by atoms with Crippen LogP contribution in [0.2, 0.25) is 0 Å². The summed E-state index contributed by atoms with van der Waals surface area (Å²) in [7, 11) is 0. The Morgan fingerprint density at radius 1 is 1.17 bits per heavy atom. The van der Waals surface area contributed by atoms with Crippen LogP contribution in [0.1, 0.15) is 53.9 Å². The summed E-state index contributed by atoms with van der Waals surface area (Å²) < 4.78 is 16.3. The first-order valence-corrected chi connectivity index (χ1v) is 11.3. The van der Waals surface area contributed by atoms with Crippen molar-refractivity contribution in [2.75, 3.05) is 0 Å². The van der Waals surface area contributed by atoms with Crippen LogP contribution in [0.5, 0.6) is 0 Å². The minimum absolute atomic E-state index is 0.140. The molecule has 158 valence electrons. The van der Waals surface area contributed by atoms with Gasteiger partial charge in [-0.2, -0.15) is 0 Å². The number of nitrogens with zero attached hydrogens (tertiary/aromatic N) is 4. The summed E-state index contributed by atoms with van der Waals surface area (Å²) in [6.07, 6.45) is 3.27. The van der Waals surface area contributed by atoms with E-state index in [9.17, 15) is 9.18 Å². The minimum Gasteiger partial charge on any atom is -0.336 e. The van der Waals surface area contributed by atoms with E-state index in [2.05, 4.69) is 37.9 Å². The molecule has 29 heavy (non-hydrogen) atoms. The first kappa shape index (κ1) is 21.8. The van der Waals surface area contributed by atoms with E-state index < -0.39 is 0 Å². The number of likely N-dealkylation sites (tertiary alicyclic amines) is 1. The number of carbonyl (C=O) groups is 1. The lowest BCUT2D eigenvalue weighted by atomic mass is 9.97. The van der Waals surface area contributed by atoms with Gasteiger partial charge in [-0.05, 0) is 58.1 Å². The van der Waals surface area contributed by atoms with Crippen LogP contribution in [-0.2, 0) is 11.3 Å². The predicted molar refractivity (Wildman–Crippen MR) is 115 cm³/mol. The molecule has 3 rings (SSSR count). The molecule has 2 aromatic rings. The van der Waals surface area contributed by atoms with Crippen LogP contribution >= 0.6 is 11.8 Å². The van der Waals surface area contributed by atoms with Crippen LogP contribution in [0.4, 0.5) is 4.39 Å². The molecule has 1 aromatic carbocycles. The Morgan fingerprint density at radius 2 is 1.83 bits per heavy atom. The van der Waals surface area contributed by atoms with Gasteiger partial charge in [-0.15, -0.1) is 10.2 Å². The molecule has 1 aromatic heterocycles. The molecule has 0 saturated carbocycles. The maximum atomic E-state index is 14.4. The lowest BCUT2D eigenvalue weighted by Gasteiger charge is -2.40. The molecule has 2 heterocycles. The zero-order chi connectivity index (χ0) is 21.1. The van der Waals surface area contributed by atoms with Crippen molar-refractivity contribution in [1.29, 1.82) is 0 Å². The van der Waals surface area contributed by atoms with Crippen molar-refractivity contribution in [3.05, 3.63) is 30.1 Å². The molecule has 0 radical (unpaired) electrons. The molecule has 0 aliphatic carbocycles. The maximum absolute atomic E-state index is 14.4. The van der Waals surface area contributed by atoms with E-state index in [1.54, 1.807) is 18.2 Å². The second-order valence-electron chi connectivity index (χ2n) is 8.43. The van der Waals surface area contributed by atoms with Crippen LogP contribution in [0.3, 0.4) is 0 Å². The molecule has 1 aliphatic heterocycles. The highest BCUT2D eigenvalue weighted by molar-refractivity contribution is 8.00. The van der Waals surface area contributed by atoms with Crippen LogP contribution in [0.15, 0.2) is 29.4 Å². The smallest absolute Gasteiger partial charge is 0.236 e. The summed E-state index contributed by atoms with van der Waals surface area (Å²) in [6.45, 7) is 11.1. The Balaban J connectivity index is 1.86. The molecule has 7 heteroatoms. The van der Waals surface area contributed by atoms with E-state index in [-0.39, 0.29) is 29.1 Å². The number of hydrogen-bond donors (Lipinski definition) is 0. The van der Waals surface area contributed by atoms with E-state index in [1.165, 1.54) is 24.2 Å². The molecular formula is C22H31FN4OS. The third-order valence-corrected chi connectivity index (χ3v) is 6.53. The second-order valence-corrected chi connectivity index (χ2v) is 9.73. The van der Waals surface area contributed by atoms with Crippen molar-refractivity contribution in [3.63, 3.8) is 0 Å². The molecule has 5 nitrogen and oxygen atoms in total. The highest BCUT2D eigenvalue weighted by Crippen LogP contribution is 2.31. The quantitative estimate of drug-likeness (QED) is 0.619. The normalized spacial score (nSPS) is 20.9. The predicted octanol–water partition coefficient (Wildman–Crippen LogP) is 5.01. The molecule has 1 amide bonds. The average molecular weight is 419 g/mol. The Morgan fingerprint density at radius 3 is 2.45 bits per heavy atom. The maximum Gasteiger partial charge on any atom is 0.236 e. The standard InChI is InChI=1S/C22H31FN4OS/c1-14(2)13-26-20(18-11-6-7-12-19(18)23)24-25-22(26)29-17(5)21(28)27-15(3)9-8-10-16(27)4/h6-7,11-12,14-17H,8-10,13H2,1-5H3/t15-,16-,17+/m0/s1. The van der Waals surface area contributed by atoms with Gasteiger partial charge in [0.15, 0.2) is 11.0 Å². The Kier molecular flexibility index (Phi) is 6.98. The molecule has 1 aliphatic rings. The van der Waals surface area contributed by atoms with Gasteiger partial charge in [0.2, 0.25) is 5.91 Å². The zero-order valence-corrected chi connectivity index (χ0v) is 18.7. The van der Waals surface area contributed by atoms with Crippen LogP contribution in [0.25, 0.3) is 11.4 Å². The number of piperidine rings is 1. The van der Waals surface area contributed by atoms with E-state index in [0.29, 0.717) is 29.0 Å². The Bertz CT molecular complexity index is 843. The number of thioether (sulfide) groups is 1. The first-order chi connectivity index (χ1) is 13.8. The monoisotopic (exact) mass is 418 g/mol. The molecule has 0 bridgehead atoms. The number of carbonyl (C=O) groups excluding carboxylic acids is 1. The topological polar surface area (TPSA) is 51.0 Å². The highest BCUT2D eigenvalue weighted by Gasteiger charge is 2.33. The van der Waals surface area contributed by atoms with Crippen molar-refractivity contribution in [2.24, 2.45) is 5.92 Å². The number of aromatic nitrogens is 3. The van der Waals surface area contributed by atoms with Gasteiger partial charge >= 0.3 is 0 Å². The van der Waals surface area contributed by atoms with Gasteiger partial charge < -0.3 is 9.47 Å². The van der Waals surface area contributed by atoms with Gasteiger partial charge in [0.25, 0.3) is 0 Å². The van der Waals surface area contributed by atoms with E-state index in [1.807, 2.05) is 16.4 Å². The Labute approximate surface area is 177 Å². The van der Waals surface area contributed by atoms with Gasteiger partial charge in [-0.3, -0.25) is 4.79 Å². The molecule has 0 N–H and O–H groups in total. The van der Waals surface area contributed by atoms with Crippen molar-refractivity contribution in [1.82, 2.24) is 19.7 Å². The number of amides is 1. The molecule has 1 fully saturated rings. The summed E-state index contributed by atoms with van der Waals surface area (Å²) in [6, 6.07) is 7.14. The summed E-state index contributed by atoms with van der Waals surface area (Å²) in [5, 5.41) is 9.00. The van der Waals surface area contributed by atoms with Gasteiger partial charge in [0, 0.05) is 18.6 Å². The highest BCUT2D eigenvalue weighted by atomic mass is 32.2. The van der Waals surface area contributed by atoms with Crippen LogP contribution in [0, 0.1) is 11.7 Å². The van der Waals surface area contributed by atoms with Crippen molar-refractivity contribution < 1.29 is 9.18 Å². The minimum atomic E-state index is -0.318. The van der Waals surface area contributed by atoms with E-state index >= 15 is 0 Å². The summed E-state index contributed by atoms with van der Waals surface area (Å²) in [5.41, 5.74) is 0.435. The third kappa shape index (κ3) is 4.82. The summed E-state index contributed by atoms with van der Waals surface area (Å²) in [4.78, 5) is 15.2. The molecule has 0 unspecified atom stereocenters. The van der Waals surface area contributed by atoms with Gasteiger partial charge in [0.1, 0.15) is 5.82 Å². The fraction of sp³-hybridized carbons (Fsp3) is 0.591. The van der Waals surface area contributed by atoms with Gasteiger partial charge in [0.05, 0.1) is 10.8 Å². The first-order valence-electron chi connectivity index (χ1n) is 10.5. The largest absolute Gasteiger partial charge is 0.336 e. The van der Waals surface area contributed by atoms with Crippen molar-refractivity contribution in [3.8, 4) is 11.4 Å². The van der Waals surface area contributed by atoms with Crippen molar-refractivity contribution >= 4 is 17.7 Å². The lowest BCUT2D eigenvalue weighted by molar-refractivity contribution is -0.136. The van der Waals surface area contributed by atoms with Gasteiger partial charge in [-0.25, -0.2) is 4.39 Å². The summed E-state index contributed by atoms with van der Waals surface area (Å²) >= 11 is 1.42.